The van der Waals surface area contributed by atoms with Gasteiger partial charge in [0.05, 0.1) is 5.92 Å². The van der Waals surface area contributed by atoms with E-state index in [9.17, 15) is 14.3 Å². The highest BCUT2D eigenvalue weighted by molar-refractivity contribution is 5.74. The van der Waals surface area contributed by atoms with Gasteiger partial charge in [-0.25, -0.2) is 4.39 Å². The maximum absolute atomic E-state index is 13.3. The zero-order chi connectivity index (χ0) is 18.5. The molecule has 2 aromatic rings. The maximum Gasteiger partial charge on any atom is 0.307 e. The third-order valence-electron chi connectivity index (χ3n) is 6.31. The first-order chi connectivity index (χ1) is 13.1. The van der Waals surface area contributed by atoms with Crippen molar-refractivity contribution in [2.75, 3.05) is 13.1 Å². The van der Waals surface area contributed by atoms with Gasteiger partial charge in [0.25, 0.3) is 0 Å². The number of piperidine rings is 1. The number of rotatable bonds is 2. The maximum atomic E-state index is 13.3. The number of nitrogens with zero attached hydrogens (tertiary/aromatic N) is 1. The molecule has 2 aromatic carbocycles. The Morgan fingerprint density at radius 1 is 1.07 bits per heavy atom. The first-order valence-corrected chi connectivity index (χ1v) is 9.47. The molecule has 4 heteroatoms. The number of aliphatic carboxylic acids is 1. The van der Waals surface area contributed by atoms with Gasteiger partial charge in [-0.2, -0.15) is 0 Å². The van der Waals surface area contributed by atoms with Crippen molar-refractivity contribution < 1.29 is 14.3 Å². The second-order valence-electron chi connectivity index (χ2n) is 7.87. The molecule has 5 rings (SSSR count). The van der Waals surface area contributed by atoms with E-state index >= 15 is 0 Å². The minimum absolute atomic E-state index is 0.109. The number of hydrogen-bond donors (Lipinski definition) is 1. The van der Waals surface area contributed by atoms with Gasteiger partial charge in [0.1, 0.15) is 5.82 Å². The molecule has 2 fully saturated rings. The van der Waals surface area contributed by atoms with Gasteiger partial charge < -0.3 is 5.11 Å². The molecule has 3 nitrogen and oxygen atoms in total. The fraction of sp³-hybridized carbons (Fsp3) is 0.348. The predicted octanol–water partition coefficient (Wildman–Crippen LogP) is 3.48. The Hall–Kier alpha value is -2.64. The number of benzene rings is 2. The highest BCUT2D eigenvalue weighted by Gasteiger charge is 2.60. The number of carbonyl (C=O) groups is 1. The van der Waals surface area contributed by atoms with Crippen LogP contribution >= 0.6 is 0 Å². The second-order valence-corrected chi connectivity index (χ2v) is 7.87. The van der Waals surface area contributed by atoms with E-state index in [1.807, 2.05) is 12.1 Å². The van der Waals surface area contributed by atoms with E-state index in [1.54, 1.807) is 6.07 Å². The molecule has 3 aliphatic rings. The first-order valence-electron chi connectivity index (χ1n) is 9.47. The number of halogens is 1. The topological polar surface area (TPSA) is 40.5 Å². The van der Waals surface area contributed by atoms with Crippen LogP contribution in [-0.4, -0.2) is 29.1 Å². The quantitative estimate of drug-likeness (QED) is 0.833. The Balaban J connectivity index is 1.31. The van der Waals surface area contributed by atoms with Gasteiger partial charge in [-0.05, 0) is 66.1 Å². The smallest absolute Gasteiger partial charge is 0.307 e. The molecule has 1 saturated carbocycles. The highest BCUT2D eigenvalue weighted by Crippen LogP contribution is 2.54. The van der Waals surface area contributed by atoms with E-state index in [1.165, 1.54) is 23.3 Å². The van der Waals surface area contributed by atoms with Crippen molar-refractivity contribution in [3.8, 4) is 11.8 Å². The van der Waals surface area contributed by atoms with Crippen molar-refractivity contribution in [3.05, 3.63) is 70.5 Å². The zero-order valence-electron chi connectivity index (χ0n) is 14.9. The molecule has 0 aromatic heterocycles. The molecule has 1 N–H and O–H groups in total. The Morgan fingerprint density at radius 2 is 1.81 bits per heavy atom. The molecule has 2 aliphatic carbocycles. The van der Waals surface area contributed by atoms with Crippen LogP contribution in [0.2, 0.25) is 0 Å². The van der Waals surface area contributed by atoms with Crippen molar-refractivity contribution >= 4 is 5.97 Å². The van der Waals surface area contributed by atoms with Crippen molar-refractivity contribution in [2.24, 2.45) is 17.8 Å². The minimum atomic E-state index is -0.627. The van der Waals surface area contributed by atoms with Crippen molar-refractivity contribution in [3.63, 3.8) is 0 Å². The number of carboxylic acid groups (broad SMARTS) is 1. The summed E-state index contributed by atoms with van der Waals surface area (Å²) in [5, 5.41) is 9.19. The van der Waals surface area contributed by atoms with Gasteiger partial charge in [-0.3, -0.25) is 9.69 Å². The SMILES string of the molecule is O=C(O)C1[C@H]2CN(C3CCc4cc(C#Cc5cccc(F)c5)ccc43)C[C@@H]12. The van der Waals surface area contributed by atoms with Crippen LogP contribution in [0.5, 0.6) is 0 Å². The fourth-order valence-electron chi connectivity index (χ4n) is 4.94. The normalized spacial score (nSPS) is 28.2. The Morgan fingerprint density at radius 3 is 2.52 bits per heavy atom. The summed E-state index contributed by atoms with van der Waals surface area (Å²) in [4.78, 5) is 13.6. The van der Waals surface area contributed by atoms with Crippen LogP contribution in [0.3, 0.4) is 0 Å². The molecule has 0 amide bonds. The van der Waals surface area contributed by atoms with Crippen molar-refractivity contribution in [1.82, 2.24) is 4.90 Å². The Labute approximate surface area is 157 Å². The standard InChI is InChI=1S/C23H20FNO2/c24-17-3-1-2-14(11-17)4-5-15-6-8-18-16(10-15)7-9-21(18)25-12-19-20(13-25)22(19)23(26)27/h1-3,6,8,10-11,19-22H,7,9,12-13H2,(H,26,27)/t19-,20+,21?,22?. The average Bonchev–Trinajstić information content (AvgIpc) is 3.00. The van der Waals surface area contributed by atoms with E-state index in [0.29, 0.717) is 23.4 Å². The molecular weight excluding hydrogens is 341 g/mol. The highest BCUT2D eigenvalue weighted by atomic mass is 19.1. The van der Waals surface area contributed by atoms with Gasteiger partial charge in [0.15, 0.2) is 0 Å². The number of aryl methyl sites for hydroxylation is 1. The van der Waals surface area contributed by atoms with E-state index in [-0.39, 0.29) is 11.7 Å². The number of hydrogen-bond acceptors (Lipinski definition) is 2. The van der Waals surface area contributed by atoms with Crippen LogP contribution in [0.4, 0.5) is 4.39 Å². The molecule has 0 bridgehead atoms. The number of carboxylic acids is 1. The minimum Gasteiger partial charge on any atom is -0.481 e. The summed E-state index contributed by atoms with van der Waals surface area (Å²) in [7, 11) is 0. The molecule has 0 spiro atoms. The fourth-order valence-corrected chi connectivity index (χ4v) is 4.94. The lowest BCUT2D eigenvalue weighted by atomic mass is 10.0. The average molecular weight is 361 g/mol. The van der Waals surface area contributed by atoms with E-state index in [4.69, 9.17) is 0 Å². The first kappa shape index (κ1) is 16.5. The largest absolute Gasteiger partial charge is 0.481 e. The monoisotopic (exact) mass is 361 g/mol. The molecule has 1 aliphatic heterocycles. The van der Waals surface area contributed by atoms with E-state index in [0.717, 1.165) is 31.5 Å². The van der Waals surface area contributed by atoms with Crippen LogP contribution in [0.15, 0.2) is 42.5 Å². The summed E-state index contributed by atoms with van der Waals surface area (Å²) in [6.45, 7) is 1.82. The van der Waals surface area contributed by atoms with Gasteiger partial charge in [-0.15, -0.1) is 0 Å². The summed E-state index contributed by atoms with van der Waals surface area (Å²) in [6.07, 6.45) is 2.12. The molecule has 0 radical (unpaired) electrons. The lowest BCUT2D eigenvalue weighted by Crippen LogP contribution is -2.29. The molecule has 1 heterocycles. The van der Waals surface area contributed by atoms with Crippen LogP contribution in [-0.2, 0) is 11.2 Å². The molecule has 136 valence electrons. The Kier molecular flexibility index (Phi) is 3.80. The summed E-state index contributed by atoms with van der Waals surface area (Å²) < 4.78 is 13.3. The zero-order valence-corrected chi connectivity index (χ0v) is 14.9. The summed E-state index contributed by atoms with van der Waals surface area (Å²) in [5.74, 6) is 5.86. The third-order valence-corrected chi connectivity index (χ3v) is 6.31. The molecule has 4 atom stereocenters. The van der Waals surface area contributed by atoms with Gasteiger partial charge >= 0.3 is 5.97 Å². The summed E-state index contributed by atoms with van der Waals surface area (Å²) >= 11 is 0. The summed E-state index contributed by atoms with van der Waals surface area (Å²) in [6, 6.07) is 13.1. The van der Waals surface area contributed by atoms with E-state index < -0.39 is 5.97 Å². The second kappa shape index (κ2) is 6.21. The summed E-state index contributed by atoms with van der Waals surface area (Å²) in [5.41, 5.74) is 4.33. The van der Waals surface area contributed by atoms with Crippen LogP contribution in [0, 0.1) is 35.4 Å². The lowest BCUT2D eigenvalue weighted by molar-refractivity contribution is -0.139. The van der Waals surface area contributed by atoms with Crippen LogP contribution in [0.25, 0.3) is 0 Å². The molecule has 27 heavy (non-hydrogen) atoms. The Bertz CT molecular complexity index is 977. The van der Waals surface area contributed by atoms with Gasteiger partial charge in [0.2, 0.25) is 0 Å². The van der Waals surface area contributed by atoms with Gasteiger partial charge in [0, 0.05) is 30.3 Å². The molecule has 2 unspecified atom stereocenters. The van der Waals surface area contributed by atoms with E-state index in [2.05, 4.69) is 28.9 Å². The van der Waals surface area contributed by atoms with Crippen molar-refractivity contribution in [2.45, 2.75) is 18.9 Å². The van der Waals surface area contributed by atoms with Crippen LogP contribution < -0.4 is 0 Å². The van der Waals surface area contributed by atoms with Crippen LogP contribution in [0.1, 0.15) is 34.7 Å². The number of fused-ring (bicyclic) bond motifs is 2. The molecule has 1 saturated heterocycles. The third kappa shape index (κ3) is 2.93. The number of likely N-dealkylation sites (tertiary alicyclic amines) is 1. The van der Waals surface area contributed by atoms with Crippen molar-refractivity contribution in [1.29, 1.82) is 0 Å². The molecular formula is C23H20FNO2. The van der Waals surface area contributed by atoms with Gasteiger partial charge in [-0.1, -0.05) is 24.0 Å². The lowest BCUT2D eigenvalue weighted by Gasteiger charge is -2.27. The predicted molar refractivity (Wildman–Crippen MR) is 99.6 cm³/mol.